The van der Waals surface area contributed by atoms with Crippen LogP contribution in [-0.2, 0) is 18.3 Å². The average molecular weight is 898 g/mol. The van der Waals surface area contributed by atoms with Crippen molar-refractivity contribution in [1.29, 1.82) is 0 Å². The molecule has 0 bridgehead atoms. The van der Waals surface area contributed by atoms with Gasteiger partial charge in [0.05, 0.1) is 5.41 Å². The van der Waals surface area contributed by atoms with Gasteiger partial charge < -0.3 is 19.4 Å². The minimum Gasteiger partial charge on any atom is -0.485 e. The maximum atomic E-state index is 7.38. The highest BCUT2D eigenvalue weighted by Gasteiger charge is 2.54. The van der Waals surface area contributed by atoms with E-state index in [0.29, 0.717) is 11.8 Å². The molecule has 4 nitrogen and oxygen atoms in total. The number of aryl methyl sites for hydroxylation is 1. The Morgan fingerprint density at radius 1 is 0.667 bits per heavy atom. The van der Waals surface area contributed by atoms with Gasteiger partial charge in [0.15, 0.2) is 0 Å². The summed E-state index contributed by atoms with van der Waals surface area (Å²) < 4.78 is 7.38. The van der Waals surface area contributed by atoms with Gasteiger partial charge in [-0.05, 0) is 213 Å². The Hall–Kier alpha value is -6.46. The molecule has 0 amide bonds. The molecular formula is C64H60BN3O. The fourth-order valence-electron chi connectivity index (χ4n) is 15.6. The summed E-state index contributed by atoms with van der Waals surface area (Å²) in [5.74, 6) is 2.86. The van der Waals surface area contributed by atoms with Crippen LogP contribution in [0.15, 0.2) is 179 Å². The molecule has 0 spiro atoms. The molecule has 1 fully saturated rings. The number of hydrogen-bond donors (Lipinski definition) is 0. The Morgan fingerprint density at radius 3 is 2.12 bits per heavy atom. The van der Waals surface area contributed by atoms with Gasteiger partial charge in [-0.2, -0.15) is 0 Å². The Balaban J connectivity index is 0.962. The zero-order chi connectivity index (χ0) is 45.5. The molecule has 340 valence electrons. The van der Waals surface area contributed by atoms with E-state index < -0.39 is 0 Å². The summed E-state index contributed by atoms with van der Waals surface area (Å²) in [7, 11) is 0. The lowest BCUT2D eigenvalue weighted by Gasteiger charge is -2.51. The number of para-hydroxylation sites is 3. The number of anilines is 7. The largest absolute Gasteiger partial charge is 0.485 e. The summed E-state index contributed by atoms with van der Waals surface area (Å²) in [5.41, 5.74) is 27.4. The molecule has 5 atom stereocenters. The predicted molar refractivity (Wildman–Crippen MR) is 285 cm³/mol. The number of fused-ring (bicyclic) bond motifs is 8. The molecule has 0 saturated heterocycles. The highest BCUT2D eigenvalue weighted by Crippen LogP contribution is 2.58. The number of benzene rings is 6. The van der Waals surface area contributed by atoms with E-state index in [-0.39, 0.29) is 18.2 Å². The molecule has 5 heteroatoms. The number of nitrogens with zero attached hydrogens (tertiary/aromatic N) is 3. The van der Waals surface area contributed by atoms with Gasteiger partial charge in [0, 0.05) is 68.8 Å². The minimum atomic E-state index is -0.384. The molecular weight excluding hydrogens is 838 g/mol. The molecule has 0 aromatic heterocycles. The van der Waals surface area contributed by atoms with Gasteiger partial charge in [0.2, 0.25) is 0 Å². The maximum absolute atomic E-state index is 7.38. The molecule has 6 aromatic rings. The SMILES string of the molecule is CC1CC2=C3C(=C1N1c4cccc5c4B(C4=CC6Oc7cc(N(c8ccccc8)c8ccccc8)ccc7C6(C)C=C4N5c4ccccc4)c4cc5c6c(c41)CCCC6CCC5)CCCC3CCC2. The van der Waals surface area contributed by atoms with Crippen LogP contribution < -0.4 is 30.4 Å². The highest BCUT2D eigenvalue weighted by atomic mass is 16.5. The van der Waals surface area contributed by atoms with Crippen molar-refractivity contribution in [2.45, 2.75) is 115 Å². The molecule has 0 radical (unpaired) electrons. The van der Waals surface area contributed by atoms with Gasteiger partial charge in [-0.3, -0.25) is 0 Å². The number of hydrogen-bond acceptors (Lipinski definition) is 4. The van der Waals surface area contributed by atoms with Crippen molar-refractivity contribution in [1.82, 2.24) is 0 Å². The van der Waals surface area contributed by atoms with E-state index in [1.165, 1.54) is 128 Å². The van der Waals surface area contributed by atoms with Crippen LogP contribution in [0.5, 0.6) is 5.75 Å². The molecule has 3 aliphatic heterocycles. The van der Waals surface area contributed by atoms with Crippen molar-refractivity contribution < 1.29 is 4.74 Å². The normalized spacial score (nSPS) is 25.5. The molecule has 15 rings (SSSR count). The minimum absolute atomic E-state index is 0.0876. The lowest BCUT2D eigenvalue weighted by Crippen LogP contribution is -2.59. The van der Waals surface area contributed by atoms with Crippen LogP contribution in [-0.4, -0.2) is 12.8 Å². The molecule has 5 unspecified atom stereocenters. The molecule has 6 aliphatic carbocycles. The van der Waals surface area contributed by atoms with Crippen molar-refractivity contribution in [3.63, 3.8) is 0 Å². The van der Waals surface area contributed by atoms with Crippen LogP contribution >= 0.6 is 0 Å². The van der Waals surface area contributed by atoms with Gasteiger partial charge in [-0.25, -0.2) is 0 Å². The lowest BCUT2D eigenvalue weighted by molar-refractivity contribution is 0.226. The predicted octanol–water partition coefficient (Wildman–Crippen LogP) is 14.8. The second-order valence-electron chi connectivity index (χ2n) is 22.1. The van der Waals surface area contributed by atoms with Crippen molar-refractivity contribution in [3.05, 3.63) is 201 Å². The van der Waals surface area contributed by atoms with Gasteiger partial charge in [-0.15, -0.1) is 0 Å². The maximum Gasteiger partial charge on any atom is 0.251 e. The van der Waals surface area contributed by atoms with Crippen molar-refractivity contribution in [3.8, 4) is 5.75 Å². The summed E-state index contributed by atoms with van der Waals surface area (Å²) in [6, 6.07) is 49.8. The Morgan fingerprint density at radius 2 is 1.35 bits per heavy atom. The van der Waals surface area contributed by atoms with E-state index >= 15 is 0 Å². The van der Waals surface area contributed by atoms with Gasteiger partial charge >= 0.3 is 0 Å². The van der Waals surface area contributed by atoms with Crippen LogP contribution in [0.25, 0.3) is 0 Å². The summed E-state index contributed by atoms with van der Waals surface area (Å²) >= 11 is 0. The molecule has 6 aromatic carbocycles. The van der Waals surface area contributed by atoms with Crippen LogP contribution in [0.3, 0.4) is 0 Å². The standard InChI is InChI=1S/C64H60BN3O/c1-40-35-43-21-12-17-41-19-14-29-49(59(41)43)62(40)68-55-32-16-31-54-61(55)65(53-36-44-22-13-18-42-20-15-30-50(60(42)44)63(53)68)52-38-58-64(2,39-56(52)67(54)47-27-10-5-11-28-47)51-34-33-48(37-57(51)69-58)66(45-23-6-3-7-24-45)46-25-8-4-9-26-46/h3-11,16,23-28,31-34,36-42,58H,12-15,17-22,29-30,35H2,1-2H3. The first-order valence-electron chi connectivity index (χ1n) is 26.6. The Labute approximate surface area is 408 Å². The molecule has 0 N–H and O–H groups in total. The summed E-state index contributed by atoms with van der Waals surface area (Å²) in [6.45, 7) is 5.09. The average Bonchev–Trinajstić information content (AvgIpc) is 3.67. The summed E-state index contributed by atoms with van der Waals surface area (Å²) in [6.07, 6.45) is 21.8. The highest BCUT2D eigenvalue weighted by molar-refractivity contribution is 6.96. The summed E-state index contributed by atoms with van der Waals surface area (Å²) in [4.78, 5) is 7.92. The van der Waals surface area contributed by atoms with Gasteiger partial charge in [-0.1, -0.05) is 85.3 Å². The van der Waals surface area contributed by atoms with Crippen molar-refractivity contribution >= 4 is 57.5 Å². The van der Waals surface area contributed by atoms with E-state index in [0.717, 1.165) is 28.7 Å². The lowest BCUT2D eigenvalue weighted by atomic mass is 9.31. The third kappa shape index (κ3) is 5.83. The quantitative estimate of drug-likeness (QED) is 0.161. The van der Waals surface area contributed by atoms with Crippen molar-refractivity contribution in [2.75, 3.05) is 14.7 Å². The van der Waals surface area contributed by atoms with E-state index in [1.807, 2.05) is 0 Å². The van der Waals surface area contributed by atoms with Crippen LogP contribution in [0.1, 0.15) is 113 Å². The van der Waals surface area contributed by atoms with Gasteiger partial charge in [0.1, 0.15) is 11.9 Å². The topological polar surface area (TPSA) is 19.0 Å². The monoisotopic (exact) mass is 897 g/mol. The number of ether oxygens (including phenoxy) is 1. The fraction of sp³-hybridized carbons (Fsp3) is 0.312. The number of rotatable bonds is 5. The third-order valence-corrected chi connectivity index (χ3v) is 18.3. The van der Waals surface area contributed by atoms with E-state index in [2.05, 4.69) is 174 Å². The first kappa shape index (κ1) is 40.4. The third-order valence-electron chi connectivity index (χ3n) is 18.3. The van der Waals surface area contributed by atoms with Gasteiger partial charge in [0.25, 0.3) is 6.71 Å². The van der Waals surface area contributed by atoms with E-state index in [4.69, 9.17) is 4.74 Å². The first-order chi connectivity index (χ1) is 34.0. The first-order valence-corrected chi connectivity index (χ1v) is 26.6. The number of allylic oxidation sites excluding steroid dienone is 5. The zero-order valence-electron chi connectivity index (χ0n) is 40.2. The second-order valence-corrected chi connectivity index (χ2v) is 22.1. The van der Waals surface area contributed by atoms with Crippen LogP contribution in [0.4, 0.5) is 39.8 Å². The van der Waals surface area contributed by atoms with Crippen LogP contribution in [0.2, 0.25) is 0 Å². The van der Waals surface area contributed by atoms with Crippen molar-refractivity contribution in [2.24, 2.45) is 11.8 Å². The molecule has 69 heavy (non-hydrogen) atoms. The second kappa shape index (κ2) is 15.3. The molecule has 3 heterocycles. The molecule has 1 saturated carbocycles. The Bertz CT molecular complexity index is 3220. The fourth-order valence-corrected chi connectivity index (χ4v) is 15.6. The molecule has 9 aliphatic rings. The smallest absolute Gasteiger partial charge is 0.251 e. The van der Waals surface area contributed by atoms with E-state index in [1.54, 1.807) is 44.8 Å². The zero-order valence-corrected chi connectivity index (χ0v) is 40.2. The van der Waals surface area contributed by atoms with E-state index in [9.17, 15) is 0 Å². The summed E-state index contributed by atoms with van der Waals surface area (Å²) in [5, 5.41) is 0. The van der Waals surface area contributed by atoms with Crippen LogP contribution in [0, 0.1) is 11.8 Å². The Kier molecular flexibility index (Phi) is 8.95.